The third kappa shape index (κ3) is 9.95. The van der Waals surface area contributed by atoms with Gasteiger partial charge in [0.05, 0.1) is 19.8 Å². The molecule has 0 aromatic carbocycles. The van der Waals surface area contributed by atoms with Gasteiger partial charge in [0, 0.05) is 0 Å². The maximum Gasteiger partial charge on any atom is 0.470 e. The highest BCUT2D eigenvalue weighted by molar-refractivity contribution is 7.46. The highest BCUT2D eigenvalue weighted by atomic mass is 31.2. The summed E-state index contributed by atoms with van der Waals surface area (Å²) in [6.45, 7) is -1.27. The summed E-state index contributed by atoms with van der Waals surface area (Å²) in [7, 11) is -14.9. The lowest BCUT2D eigenvalue weighted by atomic mass is 10.1. The van der Waals surface area contributed by atoms with Gasteiger partial charge in [-0.15, -0.1) is 0 Å². The molecule has 0 unspecified atom stereocenters. The average Bonchev–Trinajstić information content (AvgIpc) is 2.41. The second-order valence-electron chi connectivity index (χ2n) is 4.94. The Bertz CT molecular complexity index is 577. The van der Waals surface area contributed by atoms with Crippen LogP contribution in [0.5, 0.6) is 0 Å². The third-order valence-electron chi connectivity index (χ3n) is 2.77. The first-order chi connectivity index (χ1) is 11.7. The van der Waals surface area contributed by atoms with E-state index in [1.807, 2.05) is 0 Å². The quantitative estimate of drug-likeness (QED) is 0.144. The molecule has 15 nitrogen and oxygen atoms in total. The molecule has 1 heterocycles. The van der Waals surface area contributed by atoms with E-state index in [9.17, 15) is 18.8 Å². The highest BCUT2D eigenvalue weighted by Crippen LogP contribution is 2.45. The van der Waals surface area contributed by atoms with Crippen molar-refractivity contribution < 1.29 is 71.2 Å². The van der Waals surface area contributed by atoms with E-state index in [0.717, 1.165) is 0 Å². The van der Waals surface area contributed by atoms with Gasteiger partial charge in [0.15, 0.2) is 6.29 Å². The van der Waals surface area contributed by atoms with Crippen LogP contribution in [0.2, 0.25) is 0 Å². The molecule has 0 spiro atoms. The fourth-order valence-electron chi connectivity index (χ4n) is 1.90. The number of hydrogen-bond acceptors (Lipinski definition) is 9. The standard InChI is InChI=1S/C8H19O15P3/c9-6-7(23-26(16,17)18)5(22-25(13,14)15)4-20-8(6)19-2-1-3-21-24(10,11)12/h5-9H,1-4H2,(H2,10,11,12)(H2,13,14,15)(H2,16,17,18)/t5-,6-,7+,8-/m1/s1. The molecule has 1 rings (SSSR count). The number of ether oxygens (including phenoxy) is 2. The Morgan fingerprint density at radius 3 is 1.96 bits per heavy atom. The van der Waals surface area contributed by atoms with E-state index in [1.54, 1.807) is 0 Å². The topological polar surface area (TPSA) is 239 Å². The molecule has 0 aromatic heterocycles. The number of rotatable bonds is 10. The minimum atomic E-state index is -5.17. The predicted molar refractivity (Wildman–Crippen MR) is 78.1 cm³/mol. The molecule has 0 saturated carbocycles. The van der Waals surface area contributed by atoms with Crippen LogP contribution in [-0.2, 0) is 36.7 Å². The van der Waals surface area contributed by atoms with Gasteiger partial charge in [0.1, 0.15) is 18.3 Å². The van der Waals surface area contributed by atoms with E-state index in [0.29, 0.717) is 0 Å². The molecule has 1 fully saturated rings. The van der Waals surface area contributed by atoms with Crippen molar-refractivity contribution in [3.63, 3.8) is 0 Å². The maximum absolute atomic E-state index is 11.0. The summed E-state index contributed by atoms with van der Waals surface area (Å²) in [5.74, 6) is 0. The van der Waals surface area contributed by atoms with Crippen LogP contribution in [0.1, 0.15) is 6.42 Å². The molecule has 1 aliphatic rings. The lowest BCUT2D eigenvalue weighted by Crippen LogP contribution is -2.55. The first-order valence-corrected chi connectivity index (χ1v) is 11.4. The minimum Gasteiger partial charge on any atom is -0.385 e. The van der Waals surface area contributed by atoms with Crippen LogP contribution >= 0.6 is 23.5 Å². The molecule has 0 aliphatic carbocycles. The first-order valence-electron chi connectivity index (χ1n) is 6.77. The molecule has 0 radical (unpaired) electrons. The Hall–Kier alpha value is 0.210. The smallest absolute Gasteiger partial charge is 0.385 e. The number of aliphatic hydroxyl groups is 1. The van der Waals surface area contributed by atoms with Crippen LogP contribution in [0.15, 0.2) is 0 Å². The van der Waals surface area contributed by atoms with Gasteiger partial charge >= 0.3 is 23.5 Å². The zero-order valence-electron chi connectivity index (χ0n) is 12.9. The van der Waals surface area contributed by atoms with E-state index in [-0.39, 0.29) is 19.6 Å². The molecule has 18 heteroatoms. The van der Waals surface area contributed by atoms with E-state index < -0.39 is 54.7 Å². The molecule has 4 atom stereocenters. The Kier molecular flexibility index (Phi) is 8.96. The summed E-state index contributed by atoms with van der Waals surface area (Å²) >= 11 is 0. The lowest BCUT2D eigenvalue weighted by molar-refractivity contribution is -0.265. The molecule has 7 N–H and O–H groups in total. The molecular weight excluding hydrogens is 429 g/mol. The number of aliphatic hydroxyl groups excluding tert-OH is 1. The van der Waals surface area contributed by atoms with Crippen molar-refractivity contribution >= 4 is 23.5 Å². The molecular formula is C8H19O15P3. The summed E-state index contributed by atoms with van der Waals surface area (Å²) in [6, 6.07) is 0. The van der Waals surface area contributed by atoms with Crippen molar-refractivity contribution in [2.45, 2.75) is 31.0 Å². The number of phosphoric acid groups is 3. The second-order valence-corrected chi connectivity index (χ2v) is 8.56. The molecule has 26 heavy (non-hydrogen) atoms. The molecule has 0 aromatic rings. The molecule has 1 aliphatic heterocycles. The summed E-state index contributed by atoms with van der Waals surface area (Å²) in [5.41, 5.74) is 0. The summed E-state index contributed by atoms with van der Waals surface area (Å²) in [5, 5.41) is 10.0. The van der Waals surface area contributed by atoms with Crippen LogP contribution in [-0.4, -0.2) is 78.9 Å². The Morgan fingerprint density at radius 2 is 1.46 bits per heavy atom. The van der Waals surface area contributed by atoms with Gasteiger partial charge in [-0.2, -0.15) is 0 Å². The van der Waals surface area contributed by atoms with E-state index in [2.05, 4.69) is 13.6 Å². The third-order valence-corrected chi connectivity index (χ3v) is 4.35. The van der Waals surface area contributed by atoms with Gasteiger partial charge in [-0.1, -0.05) is 0 Å². The van der Waals surface area contributed by atoms with Gasteiger partial charge in [-0.3, -0.25) is 13.6 Å². The van der Waals surface area contributed by atoms with Gasteiger partial charge in [0.25, 0.3) is 0 Å². The first kappa shape index (κ1) is 24.2. The van der Waals surface area contributed by atoms with Crippen molar-refractivity contribution in [2.24, 2.45) is 0 Å². The summed E-state index contributed by atoms with van der Waals surface area (Å²) in [4.78, 5) is 52.3. The molecule has 0 amide bonds. The van der Waals surface area contributed by atoms with Crippen LogP contribution < -0.4 is 0 Å². The van der Waals surface area contributed by atoms with E-state index in [1.165, 1.54) is 0 Å². The highest BCUT2D eigenvalue weighted by Gasteiger charge is 2.46. The van der Waals surface area contributed by atoms with Crippen LogP contribution in [0, 0.1) is 0 Å². The van der Waals surface area contributed by atoms with Gasteiger partial charge in [-0.05, 0) is 6.42 Å². The Balaban J connectivity index is 2.64. The minimum absolute atomic E-state index is 0.0376. The summed E-state index contributed by atoms with van der Waals surface area (Å²) < 4.78 is 55.1. The van der Waals surface area contributed by atoms with Crippen molar-refractivity contribution in [3.8, 4) is 0 Å². The summed E-state index contributed by atoms with van der Waals surface area (Å²) in [6.07, 6.45) is -7.07. The van der Waals surface area contributed by atoms with Crippen LogP contribution in [0.3, 0.4) is 0 Å². The molecule has 1 saturated heterocycles. The van der Waals surface area contributed by atoms with E-state index >= 15 is 0 Å². The molecule has 156 valence electrons. The van der Waals surface area contributed by atoms with Crippen molar-refractivity contribution in [1.82, 2.24) is 0 Å². The SMILES string of the molecule is O=P(O)(O)OCCCO[C@@H]1OC[C@@H](OP(=O)(O)O)[C@H](OP(=O)(O)O)[C@H]1O. The van der Waals surface area contributed by atoms with Crippen LogP contribution in [0.4, 0.5) is 0 Å². The predicted octanol–water partition coefficient (Wildman–Crippen LogP) is -1.82. The normalized spacial score (nSPS) is 28.3. The zero-order valence-corrected chi connectivity index (χ0v) is 15.6. The number of phosphoric ester groups is 3. The van der Waals surface area contributed by atoms with Gasteiger partial charge in [-0.25, -0.2) is 13.7 Å². The fraction of sp³-hybridized carbons (Fsp3) is 1.00. The van der Waals surface area contributed by atoms with Gasteiger partial charge < -0.3 is 43.9 Å². The van der Waals surface area contributed by atoms with Crippen molar-refractivity contribution in [1.29, 1.82) is 0 Å². The fourth-order valence-corrected chi connectivity index (χ4v) is 3.38. The lowest BCUT2D eigenvalue weighted by Gasteiger charge is -2.39. The monoisotopic (exact) mass is 448 g/mol. The van der Waals surface area contributed by atoms with E-state index in [4.69, 9.17) is 38.8 Å². The average molecular weight is 448 g/mol. The Labute approximate surface area is 146 Å². The van der Waals surface area contributed by atoms with Crippen LogP contribution in [0.25, 0.3) is 0 Å². The Morgan fingerprint density at radius 1 is 0.885 bits per heavy atom. The second kappa shape index (κ2) is 9.61. The number of hydrogen-bond donors (Lipinski definition) is 7. The largest absolute Gasteiger partial charge is 0.470 e. The zero-order chi connectivity index (χ0) is 20.2. The van der Waals surface area contributed by atoms with Crippen molar-refractivity contribution in [2.75, 3.05) is 19.8 Å². The van der Waals surface area contributed by atoms with Crippen molar-refractivity contribution in [3.05, 3.63) is 0 Å². The molecule has 0 bridgehead atoms. The maximum atomic E-state index is 11.0. The van der Waals surface area contributed by atoms with Gasteiger partial charge in [0.2, 0.25) is 0 Å².